The molecular formula is C19H21NO5. The van der Waals surface area contributed by atoms with Crippen LogP contribution in [-0.4, -0.2) is 35.7 Å². The Morgan fingerprint density at radius 3 is 2.08 bits per heavy atom. The summed E-state index contributed by atoms with van der Waals surface area (Å²) in [6.07, 6.45) is 0.303. The monoisotopic (exact) mass is 343 g/mol. The van der Waals surface area contributed by atoms with Crippen molar-refractivity contribution in [3.05, 3.63) is 35.9 Å². The van der Waals surface area contributed by atoms with Crippen LogP contribution in [0.4, 0.5) is 0 Å². The molecule has 5 unspecified atom stereocenters. The largest absolute Gasteiger partial charge is 0.393 e. The summed E-state index contributed by atoms with van der Waals surface area (Å²) in [4.78, 5) is 49.8. The molecule has 1 aromatic carbocycles. The fraction of sp³-hybridized carbons (Fsp3) is 0.474. The number of likely N-dealkylation sites (tertiary alicyclic amines) is 1. The van der Waals surface area contributed by atoms with E-state index in [1.807, 2.05) is 30.3 Å². The molecule has 2 amide bonds. The molecule has 2 saturated heterocycles. The van der Waals surface area contributed by atoms with E-state index < -0.39 is 35.6 Å². The van der Waals surface area contributed by atoms with Crippen molar-refractivity contribution in [2.75, 3.05) is 7.05 Å². The van der Waals surface area contributed by atoms with Crippen LogP contribution in [0.25, 0.3) is 0 Å². The molecule has 25 heavy (non-hydrogen) atoms. The molecular weight excluding hydrogens is 322 g/mol. The number of imide groups is 1. The minimum atomic E-state index is -0.598. The van der Waals surface area contributed by atoms with Gasteiger partial charge in [0.15, 0.2) is 0 Å². The number of nitrogens with zero attached hydrogens (tertiary/aromatic N) is 1. The Hall–Kier alpha value is -2.50. The quantitative estimate of drug-likeness (QED) is 0.473. The van der Waals surface area contributed by atoms with Gasteiger partial charge >= 0.3 is 11.9 Å². The van der Waals surface area contributed by atoms with E-state index in [1.54, 1.807) is 13.8 Å². The molecule has 5 atom stereocenters. The molecule has 1 aromatic rings. The zero-order chi connectivity index (χ0) is 18.3. The third-order valence-corrected chi connectivity index (χ3v) is 5.52. The second-order valence-corrected chi connectivity index (χ2v) is 6.94. The fourth-order valence-electron chi connectivity index (χ4n) is 3.93. The maximum absolute atomic E-state index is 12.7. The minimum Gasteiger partial charge on any atom is -0.393 e. The SMILES string of the molecule is CC1C(=O)OC(=O)C1CC(c1ccccc1)C1C(=O)N(C)C(=O)C1C. The summed E-state index contributed by atoms with van der Waals surface area (Å²) in [6.45, 7) is 3.41. The number of carbonyl (C=O) groups is 4. The Morgan fingerprint density at radius 2 is 1.60 bits per heavy atom. The van der Waals surface area contributed by atoms with Crippen molar-refractivity contribution in [2.45, 2.75) is 26.2 Å². The summed E-state index contributed by atoms with van der Waals surface area (Å²) in [6, 6.07) is 9.37. The van der Waals surface area contributed by atoms with Gasteiger partial charge in [-0.05, 0) is 17.9 Å². The molecule has 0 saturated carbocycles. The maximum atomic E-state index is 12.7. The van der Waals surface area contributed by atoms with E-state index >= 15 is 0 Å². The van der Waals surface area contributed by atoms with Gasteiger partial charge in [0.1, 0.15) is 0 Å². The number of ether oxygens (including phenoxy) is 1. The molecule has 0 bridgehead atoms. The Labute approximate surface area is 146 Å². The van der Waals surface area contributed by atoms with Gasteiger partial charge in [-0.2, -0.15) is 0 Å². The number of esters is 2. The van der Waals surface area contributed by atoms with Crippen LogP contribution in [0.2, 0.25) is 0 Å². The third kappa shape index (κ3) is 2.86. The summed E-state index contributed by atoms with van der Waals surface area (Å²) >= 11 is 0. The van der Waals surface area contributed by atoms with Crippen LogP contribution < -0.4 is 0 Å². The van der Waals surface area contributed by atoms with Crippen LogP contribution in [-0.2, 0) is 23.9 Å². The Morgan fingerprint density at radius 1 is 0.960 bits per heavy atom. The highest BCUT2D eigenvalue weighted by atomic mass is 16.6. The number of amides is 2. The number of hydrogen-bond acceptors (Lipinski definition) is 5. The van der Waals surface area contributed by atoms with Crippen molar-refractivity contribution in [3.8, 4) is 0 Å². The van der Waals surface area contributed by atoms with E-state index in [0.717, 1.165) is 10.5 Å². The lowest BCUT2D eigenvalue weighted by Crippen LogP contribution is -2.30. The zero-order valence-corrected chi connectivity index (χ0v) is 14.5. The highest BCUT2D eigenvalue weighted by Crippen LogP contribution is 2.43. The zero-order valence-electron chi connectivity index (χ0n) is 14.5. The van der Waals surface area contributed by atoms with E-state index in [-0.39, 0.29) is 17.7 Å². The Kier molecular flexibility index (Phi) is 4.45. The summed E-state index contributed by atoms with van der Waals surface area (Å²) in [5, 5.41) is 0. The number of cyclic esters (lactones) is 2. The molecule has 3 rings (SSSR count). The highest BCUT2D eigenvalue weighted by molar-refractivity contribution is 6.05. The van der Waals surface area contributed by atoms with Gasteiger partial charge in [-0.1, -0.05) is 44.2 Å². The first-order valence-electron chi connectivity index (χ1n) is 8.44. The lowest BCUT2D eigenvalue weighted by atomic mass is 9.73. The van der Waals surface area contributed by atoms with Gasteiger partial charge in [-0.25, -0.2) is 0 Å². The molecule has 0 aromatic heterocycles. The standard InChI is InChI=1S/C19H21NO5/c1-10-13(19(24)25-18(10)23)9-14(12-7-5-4-6-8-12)15-11(2)16(21)20(3)17(15)22/h4-8,10-11,13-15H,9H2,1-3H3. The number of benzene rings is 1. The Balaban J connectivity index is 1.97. The fourth-order valence-corrected chi connectivity index (χ4v) is 3.93. The van der Waals surface area contributed by atoms with E-state index in [0.29, 0.717) is 6.42 Å². The molecule has 6 heteroatoms. The summed E-state index contributed by atoms with van der Waals surface area (Å²) in [5.41, 5.74) is 0.884. The van der Waals surface area contributed by atoms with Gasteiger partial charge in [0.2, 0.25) is 11.8 Å². The van der Waals surface area contributed by atoms with Crippen molar-refractivity contribution in [1.29, 1.82) is 0 Å². The topological polar surface area (TPSA) is 80.8 Å². The molecule has 0 radical (unpaired) electrons. The highest BCUT2D eigenvalue weighted by Gasteiger charge is 2.50. The van der Waals surface area contributed by atoms with Gasteiger partial charge in [0.25, 0.3) is 0 Å². The molecule has 2 aliphatic rings. The van der Waals surface area contributed by atoms with E-state index in [4.69, 9.17) is 4.74 Å². The van der Waals surface area contributed by atoms with Gasteiger partial charge < -0.3 is 4.74 Å². The molecule has 2 fully saturated rings. The van der Waals surface area contributed by atoms with Crippen LogP contribution >= 0.6 is 0 Å². The van der Waals surface area contributed by atoms with Crippen molar-refractivity contribution in [2.24, 2.45) is 23.7 Å². The van der Waals surface area contributed by atoms with Crippen molar-refractivity contribution < 1.29 is 23.9 Å². The minimum absolute atomic E-state index is 0.214. The van der Waals surface area contributed by atoms with Crippen LogP contribution in [0.5, 0.6) is 0 Å². The van der Waals surface area contributed by atoms with Crippen molar-refractivity contribution in [1.82, 2.24) is 4.90 Å². The van der Waals surface area contributed by atoms with E-state index in [2.05, 4.69) is 0 Å². The molecule has 0 aliphatic carbocycles. The van der Waals surface area contributed by atoms with Crippen LogP contribution in [0.1, 0.15) is 31.7 Å². The second-order valence-electron chi connectivity index (χ2n) is 6.94. The lowest BCUT2D eigenvalue weighted by Gasteiger charge is -2.27. The number of carbonyl (C=O) groups excluding carboxylic acids is 4. The Bertz CT molecular complexity index is 729. The number of hydrogen-bond donors (Lipinski definition) is 0. The molecule has 6 nitrogen and oxygen atoms in total. The van der Waals surface area contributed by atoms with Crippen LogP contribution in [0.15, 0.2) is 30.3 Å². The smallest absolute Gasteiger partial charge is 0.317 e. The molecule has 2 aliphatic heterocycles. The first-order valence-corrected chi connectivity index (χ1v) is 8.44. The predicted octanol–water partition coefficient (Wildman–Crippen LogP) is 1.75. The van der Waals surface area contributed by atoms with Gasteiger partial charge in [0, 0.05) is 13.0 Å². The average molecular weight is 343 g/mol. The van der Waals surface area contributed by atoms with Crippen molar-refractivity contribution in [3.63, 3.8) is 0 Å². The number of rotatable bonds is 4. The van der Waals surface area contributed by atoms with E-state index in [1.165, 1.54) is 7.05 Å². The van der Waals surface area contributed by atoms with Crippen LogP contribution in [0.3, 0.4) is 0 Å². The molecule has 0 N–H and O–H groups in total. The van der Waals surface area contributed by atoms with Gasteiger partial charge in [0.05, 0.1) is 17.8 Å². The molecule has 0 spiro atoms. The van der Waals surface area contributed by atoms with Crippen LogP contribution in [0, 0.1) is 23.7 Å². The molecule has 2 heterocycles. The second kappa shape index (κ2) is 6.43. The first-order chi connectivity index (χ1) is 11.8. The lowest BCUT2D eigenvalue weighted by molar-refractivity contribution is -0.154. The normalized spacial score (nSPS) is 30.8. The summed E-state index contributed by atoms with van der Waals surface area (Å²) in [7, 11) is 1.49. The van der Waals surface area contributed by atoms with Gasteiger partial charge in [-0.3, -0.25) is 24.1 Å². The first kappa shape index (κ1) is 17.3. The predicted molar refractivity (Wildman–Crippen MR) is 88.0 cm³/mol. The summed E-state index contributed by atoms with van der Waals surface area (Å²) < 4.78 is 4.74. The average Bonchev–Trinajstić information content (AvgIpc) is 2.95. The van der Waals surface area contributed by atoms with Gasteiger partial charge in [-0.15, -0.1) is 0 Å². The summed E-state index contributed by atoms with van der Waals surface area (Å²) in [5.74, 6) is -4.01. The van der Waals surface area contributed by atoms with Crippen molar-refractivity contribution >= 4 is 23.8 Å². The van der Waals surface area contributed by atoms with E-state index in [9.17, 15) is 19.2 Å². The molecule has 132 valence electrons. The third-order valence-electron chi connectivity index (χ3n) is 5.52. The maximum Gasteiger partial charge on any atom is 0.317 e.